The molecular weight excluding hydrogens is 378 g/mol. The average molecular weight is 392 g/mol. The van der Waals surface area contributed by atoms with E-state index >= 15 is 0 Å². The van der Waals surface area contributed by atoms with E-state index in [9.17, 15) is 9.59 Å². The average Bonchev–Trinajstić information content (AvgIpc) is 3.30. The molecule has 2 aromatic carbocycles. The molecule has 138 valence electrons. The van der Waals surface area contributed by atoms with Crippen molar-refractivity contribution in [2.24, 2.45) is 0 Å². The molecule has 0 saturated heterocycles. The SMILES string of the molecule is O=C1c2oc3ccccc3c(=O)c2[C@H](c2cccc(Cl)c2)N1Cc1ccco1. The first-order chi connectivity index (χ1) is 13.6. The van der Waals surface area contributed by atoms with Gasteiger partial charge in [-0.05, 0) is 42.0 Å². The largest absolute Gasteiger partial charge is 0.467 e. The number of furan rings is 1. The Kier molecular flexibility index (Phi) is 3.84. The summed E-state index contributed by atoms with van der Waals surface area (Å²) in [5, 5.41) is 0.974. The van der Waals surface area contributed by atoms with Crippen LogP contribution < -0.4 is 5.43 Å². The van der Waals surface area contributed by atoms with Crippen molar-refractivity contribution in [3.63, 3.8) is 0 Å². The summed E-state index contributed by atoms with van der Waals surface area (Å²) >= 11 is 6.19. The van der Waals surface area contributed by atoms with Crippen LogP contribution in [0, 0.1) is 0 Å². The van der Waals surface area contributed by atoms with Crippen molar-refractivity contribution in [2.75, 3.05) is 0 Å². The maximum absolute atomic E-state index is 13.3. The van der Waals surface area contributed by atoms with Gasteiger partial charge >= 0.3 is 0 Å². The second-order valence-corrected chi connectivity index (χ2v) is 7.08. The Hall–Kier alpha value is -3.31. The smallest absolute Gasteiger partial charge is 0.291 e. The minimum Gasteiger partial charge on any atom is -0.467 e. The van der Waals surface area contributed by atoms with Crippen LogP contribution >= 0.6 is 11.6 Å². The van der Waals surface area contributed by atoms with Gasteiger partial charge in [-0.1, -0.05) is 35.9 Å². The number of amides is 1. The molecule has 6 heteroatoms. The third kappa shape index (κ3) is 2.55. The lowest BCUT2D eigenvalue weighted by atomic mass is 9.98. The zero-order valence-electron chi connectivity index (χ0n) is 14.6. The Morgan fingerprint density at radius 3 is 2.64 bits per heavy atom. The second-order valence-electron chi connectivity index (χ2n) is 6.64. The van der Waals surface area contributed by atoms with Crippen LogP contribution in [0.3, 0.4) is 0 Å². The molecule has 1 amide bonds. The van der Waals surface area contributed by atoms with Gasteiger partial charge in [0.05, 0.1) is 29.8 Å². The molecule has 1 aliphatic rings. The molecule has 4 aromatic rings. The fraction of sp³-hybridized carbons (Fsp3) is 0.0909. The number of para-hydroxylation sites is 1. The van der Waals surface area contributed by atoms with Crippen LogP contribution in [0.15, 0.2) is 80.6 Å². The molecule has 1 atom stereocenters. The summed E-state index contributed by atoms with van der Waals surface area (Å²) in [5.41, 5.74) is 1.26. The van der Waals surface area contributed by atoms with E-state index in [1.165, 1.54) is 0 Å². The zero-order chi connectivity index (χ0) is 19.3. The number of fused-ring (bicyclic) bond motifs is 2. The van der Waals surface area contributed by atoms with Crippen LogP contribution in [-0.4, -0.2) is 10.8 Å². The molecule has 28 heavy (non-hydrogen) atoms. The lowest BCUT2D eigenvalue weighted by Gasteiger charge is -2.24. The highest BCUT2D eigenvalue weighted by molar-refractivity contribution is 6.30. The van der Waals surface area contributed by atoms with E-state index in [4.69, 9.17) is 20.4 Å². The molecule has 0 unspecified atom stereocenters. The van der Waals surface area contributed by atoms with E-state index in [-0.39, 0.29) is 23.6 Å². The number of carbonyl (C=O) groups is 1. The van der Waals surface area contributed by atoms with E-state index in [2.05, 4.69) is 0 Å². The molecule has 0 saturated carbocycles. The number of hydrogen-bond donors (Lipinski definition) is 0. The molecule has 0 bridgehead atoms. The summed E-state index contributed by atoms with van der Waals surface area (Å²) in [6.45, 7) is 0.211. The number of hydrogen-bond acceptors (Lipinski definition) is 4. The first kappa shape index (κ1) is 16.8. The minimum absolute atomic E-state index is 0.0697. The second kappa shape index (κ2) is 6.39. The highest BCUT2D eigenvalue weighted by atomic mass is 35.5. The number of halogens is 1. The van der Waals surface area contributed by atoms with Crippen LogP contribution in [0.5, 0.6) is 0 Å². The summed E-state index contributed by atoms with van der Waals surface area (Å²) < 4.78 is 11.3. The lowest BCUT2D eigenvalue weighted by molar-refractivity contribution is 0.0701. The predicted octanol–water partition coefficient (Wildman–Crippen LogP) is 4.78. The van der Waals surface area contributed by atoms with Crippen LogP contribution in [0.2, 0.25) is 5.02 Å². The first-order valence-electron chi connectivity index (χ1n) is 8.78. The van der Waals surface area contributed by atoms with Gasteiger partial charge in [-0.2, -0.15) is 0 Å². The van der Waals surface area contributed by atoms with Crippen LogP contribution in [-0.2, 0) is 6.54 Å². The van der Waals surface area contributed by atoms with Crippen molar-refractivity contribution in [2.45, 2.75) is 12.6 Å². The predicted molar refractivity (Wildman–Crippen MR) is 104 cm³/mol. The topological polar surface area (TPSA) is 63.7 Å². The van der Waals surface area contributed by atoms with Crippen molar-refractivity contribution < 1.29 is 13.6 Å². The fourth-order valence-corrected chi connectivity index (χ4v) is 3.92. The van der Waals surface area contributed by atoms with E-state index in [0.29, 0.717) is 27.3 Å². The van der Waals surface area contributed by atoms with E-state index < -0.39 is 6.04 Å². The summed E-state index contributed by atoms with van der Waals surface area (Å²) in [6, 6.07) is 17.0. The van der Waals surface area contributed by atoms with Gasteiger partial charge in [-0.25, -0.2) is 0 Å². The van der Waals surface area contributed by atoms with E-state index in [1.807, 2.05) is 6.07 Å². The lowest BCUT2D eigenvalue weighted by Crippen LogP contribution is -2.29. The van der Waals surface area contributed by atoms with Crippen molar-refractivity contribution in [1.29, 1.82) is 0 Å². The van der Waals surface area contributed by atoms with Gasteiger partial charge in [0, 0.05) is 5.02 Å². The van der Waals surface area contributed by atoms with Crippen LogP contribution in [0.4, 0.5) is 0 Å². The first-order valence-corrected chi connectivity index (χ1v) is 9.16. The van der Waals surface area contributed by atoms with Crippen molar-refractivity contribution in [3.8, 4) is 0 Å². The number of rotatable bonds is 3. The Bertz CT molecular complexity index is 1260. The van der Waals surface area contributed by atoms with Crippen molar-refractivity contribution in [3.05, 3.63) is 105 Å². The molecule has 1 aliphatic heterocycles. The van der Waals surface area contributed by atoms with Gasteiger partial charge < -0.3 is 13.7 Å². The summed E-state index contributed by atoms with van der Waals surface area (Å²) in [7, 11) is 0. The molecule has 5 nitrogen and oxygen atoms in total. The Labute approximate surface area is 164 Å². The fourth-order valence-electron chi connectivity index (χ4n) is 3.72. The summed E-state index contributed by atoms with van der Waals surface area (Å²) in [6.07, 6.45) is 1.55. The molecule has 5 rings (SSSR count). The van der Waals surface area contributed by atoms with Gasteiger partial charge in [0.25, 0.3) is 5.91 Å². The molecule has 0 radical (unpaired) electrons. The minimum atomic E-state index is -0.604. The molecule has 3 heterocycles. The van der Waals surface area contributed by atoms with Crippen molar-refractivity contribution in [1.82, 2.24) is 4.90 Å². The van der Waals surface area contributed by atoms with E-state index in [1.54, 1.807) is 65.8 Å². The molecule has 0 spiro atoms. The molecule has 2 aromatic heterocycles. The van der Waals surface area contributed by atoms with Crippen LogP contribution in [0.25, 0.3) is 11.0 Å². The Balaban J connectivity index is 1.76. The molecule has 0 N–H and O–H groups in total. The van der Waals surface area contributed by atoms with Gasteiger partial charge in [0.2, 0.25) is 5.76 Å². The van der Waals surface area contributed by atoms with Gasteiger partial charge in [-0.3, -0.25) is 9.59 Å². The third-order valence-corrected chi connectivity index (χ3v) is 5.18. The maximum Gasteiger partial charge on any atom is 0.291 e. The number of benzene rings is 2. The van der Waals surface area contributed by atoms with Crippen molar-refractivity contribution >= 4 is 28.5 Å². The Morgan fingerprint density at radius 2 is 1.86 bits per heavy atom. The molecule has 0 fully saturated rings. The third-order valence-electron chi connectivity index (χ3n) is 4.94. The van der Waals surface area contributed by atoms with E-state index in [0.717, 1.165) is 5.56 Å². The Morgan fingerprint density at radius 1 is 1.00 bits per heavy atom. The van der Waals surface area contributed by atoms with Gasteiger partial charge in [-0.15, -0.1) is 0 Å². The normalized spacial score (nSPS) is 16.0. The zero-order valence-corrected chi connectivity index (χ0v) is 15.3. The quantitative estimate of drug-likeness (QED) is 0.504. The molecule has 0 aliphatic carbocycles. The highest BCUT2D eigenvalue weighted by Crippen LogP contribution is 2.39. The monoisotopic (exact) mass is 391 g/mol. The number of carbonyl (C=O) groups excluding carboxylic acids is 1. The van der Waals surface area contributed by atoms with Crippen LogP contribution in [0.1, 0.15) is 33.5 Å². The van der Waals surface area contributed by atoms with Gasteiger partial charge in [0.15, 0.2) is 5.43 Å². The maximum atomic E-state index is 13.3. The number of nitrogens with zero attached hydrogens (tertiary/aromatic N) is 1. The molecular formula is C22H14ClNO4. The summed E-state index contributed by atoms with van der Waals surface area (Å²) in [5.74, 6) is 0.338. The highest BCUT2D eigenvalue weighted by Gasteiger charge is 2.43. The summed E-state index contributed by atoms with van der Waals surface area (Å²) in [4.78, 5) is 28.1. The standard InChI is InChI=1S/C22H14ClNO4/c23-14-6-3-5-13(11-14)19-18-20(25)16-8-1-2-9-17(16)28-21(18)22(26)24(19)12-15-7-4-10-27-15/h1-11,19H,12H2/t19-/m0/s1. The van der Waals surface area contributed by atoms with Gasteiger partial charge in [0.1, 0.15) is 11.3 Å².